The maximum Gasteiger partial charge on any atom is 0.239 e. The van der Waals surface area contributed by atoms with E-state index >= 15 is 0 Å². The Hall–Kier alpha value is -0.610. The molecule has 1 amide bonds. The molecule has 2 unspecified atom stereocenters. The number of carbonyl (C=O) groups excluding carboxylic acids is 1. The van der Waals surface area contributed by atoms with Gasteiger partial charge < -0.3 is 15.1 Å². The molecule has 0 aromatic heterocycles. The van der Waals surface area contributed by atoms with Crippen molar-refractivity contribution >= 4 is 5.91 Å². The van der Waals surface area contributed by atoms with E-state index in [0.29, 0.717) is 6.04 Å². The SMILES string of the molecule is CCN(CC)C(=O)C(C)NC1CCCN(C)CC1. The molecule has 0 saturated carbocycles. The second-order valence-electron chi connectivity index (χ2n) is 5.33. The Morgan fingerprint density at radius 3 is 2.61 bits per heavy atom. The number of hydrogen-bond acceptors (Lipinski definition) is 3. The van der Waals surface area contributed by atoms with Gasteiger partial charge in [0.15, 0.2) is 0 Å². The minimum atomic E-state index is -0.0571. The van der Waals surface area contributed by atoms with Crippen molar-refractivity contribution in [1.29, 1.82) is 0 Å². The number of likely N-dealkylation sites (N-methyl/N-ethyl adjacent to an activating group) is 1. The van der Waals surface area contributed by atoms with Gasteiger partial charge >= 0.3 is 0 Å². The molecule has 4 nitrogen and oxygen atoms in total. The van der Waals surface area contributed by atoms with Gasteiger partial charge in [-0.1, -0.05) is 0 Å². The molecule has 0 spiro atoms. The van der Waals surface area contributed by atoms with Gasteiger partial charge in [-0.25, -0.2) is 0 Å². The third-order valence-electron chi connectivity index (χ3n) is 3.88. The summed E-state index contributed by atoms with van der Waals surface area (Å²) in [4.78, 5) is 16.5. The summed E-state index contributed by atoms with van der Waals surface area (Å²) in [6.07, 6.45) is 3.55. The first-order valence-electron chi connectivity index (χ1n) is 7.31. The highest BCUT2D eigenvalue weighted by Gasteiger charge is 2.22. The molecule has 0 aromatic carbocycles. The Labute approximate surface area is 112 Å². The molecule has 1 aliphatic heterocycles. The van der Waals surface area contributed by atoms with Gasteiger partial charge in [0, 0.05) is 19.1 Å². The van der Waals surface area contributed by atoms with Gasteiger partial charge in [-0.15, -0.1) is 0 Å². The summed E-state index contributed by atoms with van der Waals surface area (Å²) in [5, 5.41) is 3.51. The largest absolute Gasteiger partial charge is 0.342 e. The van der Waals surface area contributed by atoms with Crippen LogP contribution in [0.3, 0.4) is 0 Å². The maximum absolute atomic E-state index is 12.2. The molecule has 1 N–H and O–H groups in total. The van der Waals surface area contributed by atoms with E-state index in [0.717, 1.165) is 26.1 Å². The van der Waals surface area contributed by atoms with E-state index in [-0.39, 0.29) is 11.9 Å². The normalized spacial score (nSPS) is 23.4. The van der Waals surface area contributed by atoms with E-state index in [1.54, 1.807) is 0 Å². The molecule has 1 saturated heterocycles. The van der Waals surface area contributed by atoms with E-state index in [1.807, 2.05) is 25.7 Å². The number of likely N-dealkylation sites (tertiary alicyclic amines) is 1. The predicted molar refractivity (Wildman–Crippen MR) is 75.7 cm³/mol. The first kappa shape index (κ1) is 15.4. The van der Waals surface area contributed by atoms with Gasteiger partial charge in [-0.3, -0.25) is 4.79 Å². The van der Waals surface area contributed by atoms with E-state index in [4.69, 9.17) is 0 Å². The van der Waals surface area contributed by atoms with Crippen molar-refractivity contribution in [2.24, 2.45) is 0 Å². The summed E-state index contributed by atoms with van der Waals surface area (Å²) in [7, 11) is 2.17. The smallest absolute Gasteiger partial charge is 0.239 e. The highest BCUT2D eigenvalue weighted by Crippen LogP contribution is 2.10. The minimum absolute atomic E-state index is 0.0571. The standard InChI is InChI=1S/C14H29N3O/c1-5-17(6-2)14(18)12(3)15-13-8-7-10-16(4)11-9-13/h12-13,15H,5-11H2,1-4H3. The summed E-state index contributed by atoms with van der Waals surface area (Å²) in [5.74, 6) is 0.234. The van der Waals surface area contributed by atoms with Crippen LogP contribution in [0.1, 0.15) is 40.0 Å². The van der Waals surface area contributed by atoms with E-state index in [1.165, 1.54) is 19.4 Å². The van der Waals surface area contributed by atoms with Gasteiger partial charge in [0.1, 0.15) is 0 Å². The van der Waals surface area contributed by atoms with Gasteiger partial charge in [0.05, 0.1) is 6.04 Å². The topological polar surface area (TPSA) is 35.6 Å². The summed E-state index contributed by atoms with van der Waals surface area (Å²) in [6.45, 7) is 9.97. The number of amides is 1. The number of carbonyl (C=O) groups is 1. The molecule has 1 rings (SSSR count). The monoisotopic (exact) mass is 255 g/mol. The molecule has 106 valence electrons. The van der Waals surface area contributed by atoms with Gasteiger partial charge in [0.2, 0.25) is 5.91 Å². The first-order chi connectivity index (χ1) is 8.58. The van der Waals surface area contributed by atoms with E-state index in [9.17, 15) is 4.79 Å². The Kier molecular flexibility index (Phi) is 6.65. The summed E-state index contributed by atoms with van der Waals surface area (Å²) in [6, 6.07) is 0.433. The third kappa shape index (κ3) is 4.58. The van der Waals surface area contributed by atoms with Gasteiger partial charge in [-0.05, 0) is 60.2 Å². The van der Waals surface area contributed by atoms with Crippen molar-refractivity contribution in [1.82, 2.24) is 15.1 Å². The molecule has 0 radical (unpaired) electrons. The lowest BCUT2D eigenvalue weighted by molar-refractivity contribution is -0.132. The van der Waals surface area contributed by atoms with Crippen molar-refractivity contribution in [3.05, 3.63) is 0 Å². The zero-order valence-corrected chi connectivity index (χ0v) is 12.4. The average Bonchev–Trinajstić information content (AvgIpc) is 2.56. The van der Waals surface area contributed by atoms with Crippen molar-refractivity contribution in [3.8, 4) is 0 Å². The first-order valence-corrected chi connectivity index (χ1v) is 7.31. The fourth-order valence-electron chi connectivity index (χ4n) is 2.64. The number of nitrogens with one attached hydrogen (secondary N) is 1. The third-order valence-corrected chi connectivity index (χ3v) is 3.88. The lowest BCUT2D eigenvalue weighted by atomic mass is 10.1. The second kappa shape index (κ2) is 7.74. The van der Waals surface area contributed by atoms with Crippen LogP contribution >= 0.6 is 0 Å². The van der Waals surface area contributed by atoms with Crippen LogP contribution in [-0.2, 0) is 4.79 Å². The molecular weight excluding hydrogens is 226 g/mol. The van der Waals surface area contributed by atoms with Crippen LogP contribution in [0, 0.1) is 0 Å². The second-order valence-corrected chi connectivity index (χ2v) is 5.33. The van der Waals surface area contributed by atoms with E-state index < -0.39 is 0 Å². The zero-order valence-electron chi connectivity index (χ0n) is 12.4. The molecule has 1 heterocycles. The molecule has 0 aliphatic carbocycles. The van der Waals surface area contributed by atoms with Crippen molar-refractivity contribution in [2.75, 3.05) is 33.2 Å². The van der Waals surface area contributed by atoms with Crippen molar-refractivity contribution in [3.63, 3.8) is 0 Å². The van der Waals surface area contributed by atoms with Crippen LogP contribution in [0.4, 0.5) is 0 Å². The van der Waals surface area contributed by atoms with Crippen LogP contribution in [-0.4, -0.2) is 61.0 Å². The molecule has 1 aliphatic rings. The van der Waals surface area contributed by atoms with Crippen molar-refractivity contribution in [2.45, 2.75) is 52.1 Å². The van der Waals surface area contributed by atoms with Crippen molar-refractivity contribution < 1.29 is 4.79 Å². The fraction of sp³-hybridized carbons (Fsp3) is 0.929. The molecule has 0 bridgehead atoms. The molecule has 18 heavy (non-hydrogen) atoms. The highest BCUT2D eigenvalue weighted by atomic mass is 16.2. The molecule has 0 aromatic rings. The van der Waals surface area contributed by atoms with Gasteiger partial charge in [0.25, 0.3) is 0 Å². The van der Waals surface area contributed by atoms with Crippen LogP contribution in [0.2, 0.25) is 0 Å². The minimum Gasteiger partial charge on any atom is -0.342 e. The van der Waals surface area contributed by atoms with Gasteiger partial charge in [-0.2, -0.15) is 0 Å². The lowest BCUT2D eigenvalue weighted by Crippen LogP contribution is -2.48. The Morgan fingerprint density at radius 1 is 1.33 bits per heavy atom. The predicted octanol–water partition coefficient (Wildman–Crippen LogP) is 1.32. The van der Waals surface area contributed by atoms with Crippen LogP contribution in [0.15, 0.2) is 0 Å². The Morgan fingerprint density at radius 2 is 2.00 bits per heavy atom. The highest BCUT2D eigenvalue weighted by molar-refractivity contribution is 5.81. The lowest BCUT2D eigenvalue weighted by Gasteiger charge is -2.26. The fourth-order valence-corrected chi connectivity index (χ4v) is 2.64. The maximum atomic E-state index is 12.2. The Balaban J connectivity index is 2.43. The molecule has 4 heteroatoms. The molecule has 2 atom stereocenters. The van der Waals surface area contributed by atoms with Crippen LogP contribution in [0.25, 0.3) is 0 Å². The van der Waals surface area contributed by atoms with Crippen LogP contribution < -0.4 is 5.32 Å². The Bertz CT molecular complexity index is 253. The average molecular weight is 255 g/mol. The molecule has 1 fully saturated rings. The summed E-state index contributed by atoms with van der Waals surface area (Å²) >= 11 is 0. The quantitative estimate of drug-likeness (QED) is 0.805. The number of rotatable bonds is 5. The zero-order chi connectivity index (χ0) is 13.5. The molecular formula is C14H29N3O. The summed E-state index contributed by atoms with van der Waals surface area (Å²) in [5.41, 5.74) is 0. The van der Waals surface area contributed by atoms with E-state index in [2.05, 4.69) is 17.3 Å². The summed E-state index contributed by atoms with van der Waals surface area (Å²) < 4.78 is 0. The number of nitrogens with zero attached hydrogens (tertiary/aromatic N) is 2. The van der Waals surface area contributed by atoms with Crippen LogP contribution in [0.5, 0.6) is 0 Å². The number of hydrogen-bond donors (Lipinski definition) is 1.